The van der Waals surface area contributed by atoms with Gasteiger partial charge in [-0.05, 0) is 38.1 Å². The molecule has 0 saturated carbocycles. The highest BCUT2D eigenvalue weighted by atomic mass is 32.2. The van der Waals surface area contributed by atoms with E-state index >= 15 is 0 Å². The molecule has 0 saturated heterocycles. The molecule has 0 unspecified atom stereocenters. The van der Waals surface area contributed by atoms with Crippen molar-refractivity contribution < 1.29 is 23.1 Å². The van der Waals surface area contributed by atoms with E-state index in [0.29, 0.717) is 29.7 Å². The Labute approximate surface area is 138 Å². The van der Waals surface area contributed by atoms with Gasteiger partial charge in [0.15, 0.2) is 6.61 Å². The second kappa shape index (κ2) is 9.29. The zero-order valence-electron chi connectivity index (χ0n) is 13.1. The molecule has 0 aromatic heterocycles. The summed E-state index contributed by atoms with van der Waals surface area (Å²) in [7, 11) is 0. The van der Waals surface area contributed by atoms with E-state index in [1.807, 2.05) is 6.92 Å². The lowest BCUT2D eigenvalue weighted by molar-refractivity contribution is -0.133. The van der Waals surface area contributed by atoms with E-state index < -0.39 is 11.7 Å². The zero-order chi connectivity index (χ0) is 17.4. The Hall–Kier alpha value is -1.89. The summed E-state index contributed by atoms with van der Waals surface area (Å²) in [6.07, 6.45) is 0. The molecule has 0 N–H and O–H groups in total. The fourth-order valence-electron chi connectivity index (χ4n) is 1.78. The van der Waals surface area contributed by atoms with Crippen LogP contribution in [0.2, 0.25) is 0 Å². The minimum Gasteiger partial charge on any atom is -0.452 e. The molecule has 1 rings (SSSR count). The number of thioether (sulfide) groups is 1. The van der Waals surface area contributed by atoms with Crippen molar-refractivity contribution in [3.63, 3.8) is 0 Å². The summed E-state index contributed by atoms with van der Waals surface area (Å²) < 4.78 is 29.4. The molecule has 0 fully saturated rings. The van der Waals surface area contributed by atoms with Crippen molar-refractivity contribution in [3.8, 4) is 0 Å². The van der Waals surface area contributed by atoms with Gasteiger partial charge in [-0.3, -0.25) is 4.79 Å². The number of carbonyl (C=O) groups is 2. The molecule has 4 nitrogen and oxygen atoms in total. The number of rotatable bonds is 8. The molecule has 1 aromatic carbocycles. The first kappa shape index (κ1) is 19.2. The number of esters is 1. The van der Waals surface area contributed by atoms with Crippen molar-refractivity contribution >= 4 is 23.6 Å². The standard InChI is InChI=1S/C16H19F2NO3S/c1-4-19(9-11(2)3)14(20)10-22-15(21)12-5-7-13(8-6-12)23-16(17)18/h5-8,16H,2,4,9-10H2,1,3H3. The van der Waals surface area contributed by atoms with E-state index in [2.05, 4.69) is 6.58 Å². The lowest BCUT2D eigenvalue weighted by atomic mass is 10.2. The van der Waals surface area contributed by atoms with E-state index in [4.69, 9.17) is 4.74 Å². The minimum atomic E-state index is -2.52. The molecule has 7 heteroatoms. The van der Waals surface area contributed by atoms with Crippen LogP contribution in [0.1, 0.15) is 24.2 Å². The number of hydrogen-bond acceptors (Lipinski definition) is 4. The fraction of sp³-hybridized carbons (Fsp3) is 0.375. The predicted octanol–water partition coefficient (Wildman–Crippen LogP) is 3.58. The maximum atomic E-state index is 12.2. The van der Waals surface area contributed by atoms with Crippen molar-refractivity contribution in [3.05, 3.63) is 42.0 Å². The van der Waals surface area contributed by atoms with Crippen LogP contribution in [0.25, 0.3) is 0 Å². The van der Waals surface area contributed by atoms with Gasteiger partial charge in [0.1, 0.15) is 0 Å². The first-order valence-electron chi connectivity index (χ1n) is 6.97. The topological polar surface area (TPSA) is 46.6 Å². The Bertz CT molecular complexity index is 561. The summed E-state index contributed by atoms with van der Waals surface area (Å²) in [6, 6.07) is 5.61. The van der Waals surface area contributed by atoms with E-state index in [1.54, 1.807) is 6.92 Å². The van der Waals surface area contributed by atoms with Gasteiger partial charge in [0.25, 0.3) is 11.7 Å². The van der Waals surface area contributed by atoms with Crippen LogP contribution in [0.3, 0.4) is 0 Å². The molecule has 0 heterocycles. The third-order valence-electron chi connectivity index (χ3n) is 2.84. The van der Waals surface area contributed by atoms with Gasteiger partial charge in [-0.2, -0.15) is 8.78 Å². The monoisotopic (exact) mass is 343 g/mol. The highest BCUT2D eigenvalue weighted by Crippen LogP contribution is 2.25. The normalized spacial score (nSPS) is 10.5. The maximum absolute atomic E-state index is 12.2. The Morgan fingerprint density at radius 1 is 1.30 bits per heavy atom. The van der Waals surface area contributed by atoms with Crippen molar-refractivity contribution in [2.75, 3.05) is 19.7 Å². The molecule has 0 radical (unpaired) electrons. The summed E-state index contributed by atoms with van der Waals surface area (Å²) in [4.78, 5) is 25.7. The predicted molar refractivity (Wildman–Crippen MR) is 85.7 cm³/mol. The SMILES string of the molecule is C=C(C)CN(CC)C(=O)COC(=O)c1ccc(SC(F)F)cc1. The number of halogens is 2. The van der Waals surface area contributed by atoms with Crippen LogP contribution in [0, 0.1) is 0 Å². The zero-order valence-corrected chi connectivity index (χ0v) is 13.9. The number of nitrogens with zero attached hydrogens (tertiary/aromatic N) is 1. The highest BCUT2D eigenvalue weighted by molar-refractivity contribution is 7.99. The van der Waals surface area contributed by atoms with Crippen molar-refractivity contribution in [1.29, 1.82) is 0 Å². The van der Waals surface area contributed by atoms with Crippen LogP contribution in [0.4, 0.5) is 8.78 Å². The Morgan fingerprint density at radius 3 is 2.39 bits per heavy atom. The van der Waals surface area contributed by atoms with Gasteiger partial charge in [0.05, 0.1) is 5.56 Å². The molecule has 126 valence electrons. The second-order valence-corrected chi connectivity index (χ2v) is 5.91. The van der Waals surface area contributed by atoms with Crippen LogP contribution < -0.4 is 0 Å². The van der Waals surface area contributed by atoms with Crippen molar-refractivity contribution in [2.45, 2.75) is 24.5 Å². The van der Waals surface area contributed by atoms with Gasteiger partial charge in [0, 0.05) is 18.0 Å². The van der Waals surface area contributed by atoms with Crippen LogP contribution in [0.5, 0.6) is 0 Å². The quantitative estimate of drug-likeness (QED) is 0.411. The molecule has 0 aliphatic rings. The fourth-order valence-corrected chi connectivity index (χ4v) is 2.28. The minimum absolute atomic E-state index is 0.208. The molecule has 1 aromatic rings. The first-order chi connectivity index (χ1) is 10.8. The molecular formula is C16H19F2NO3S. The Morgan fingerprint density at radius 2 is 1.91 bits per heavy atom. The average molecular weight is 343 g/mol. The number of amides is 1. The summed E-state index contributed by atoms with van der Waals surface area (Å²) in [5, 5.41) is 0. The molecule has 0 bridgehead atoms. The van der Waals surface area contributed by atoms with E-state index in [1.165, 1.54) is 29.2 Å². The summed E-state index contributed by atoms with van der Waals surface area (Å²) >= 11 is 0.395. The largest absolute Gasteiger partial charge is 0.452 e. The van der Waals surface area contributed by atoms with Gasteiger partial charge in [-0.1, -0.05) is 23.9 Å². The number of likely N-dealkylation sites (N-methyl/N-ethyl adjacent to an activating group) is 1. The number of ether oxygens (including phenoxy) is 1. The lowest BCUT2D eigenvalue weighted by Gasteiger charge is -2.20. The second-order valence-electron chi connectivity index (χ2n) is 4.84. The molecule has 0 spiro atoms. The third kappa shape index (κ3) is 6.81. The van der Waals surface area contributed by atoms with Crippen molar-refractivity contribution in [1.82, 2.24) is 4.90 Å². The molecule has 0 atom stereocenters. The Kier molecular flexibility index (Phi) is 7.74. The smallest absolute Gasteiger partial charge is 0.338 e. The molecule has 0 aliphatic heterocycles. The Balaban J connectivity index is 2.55. The molecule has 23 heavy (non-hydrogen) atoms. The lowest BCUT2D eigenvalue weighted by Crippen LogP contribution is -2.35. The van der Waals surface area contributed by atoms with Crippen LogP contribution in [-0.2, 0) is 9.53 Å². The van der Waals surface area contributed by atoms with Gasteiger partial charge in [-0.15, -0.1) is 0 Å². The highest BCUT2D eigenvalue weighted by Gasteiger charge is 2.15. The van der Waals surface area contributed by atoms with E-state index in [0.717, 1.165) is 5.57 Å². The van der Waals surface area contributed by atoms with E-state index in [-0.39, 0.29) is 18.1 Å². The molecule has 1 amide bonds. The van der Waals surface area contributed by atoms with Gasteiger partial charge in [0.2, 0.25) is 0 Å². The number of benzene rings is 1. The maximum Gasteiger partial charge on any atom is 0.338 e. The third-order valence-corrected chi connectivity index (χ3v) is 3.56. The van der Waals surface area contributed by atoms with Gasteiger partial charge < -0.3 is 9.64 Å². The summed E-state index contributed by atoms with van der Waals surface area (Å²) in [6.45, 7) is 7.90. The van der Waals surface area contributed by atoms with Crippen molar-refractivity contribution in [2.24, 2.45) is 0 Å². The van der Waals surface area contributed by atoms with Gasteiger partial charge in [-0.25, -0.2) is 4.79 Å². The average Bonchev–Trinajstić information content (AvgIpc) is 2.49. The molecular weight excluding hydrogens is 324 g/mol. The van der Waals surface area contributed by atoms with Crippen LogP contribution in [-0.4, -0.2) is 42.2 Å². The van der Waals surface area contributed by atoms with Crippen LogP contribution in [0.15, 0.2) is 41.3 Å². The summed E-state index contributed by atoms with van der Waals surface area (Å²) in [5.74, 6) is -3.49. The summed E-state index contributed by atoms with van der Waals surface area (Å²) in [5.41, 5.74) is 1.04. The number of alkyl halides is 2. The number of carbonyl (C=O) groups excluding carboxylic acids is 2. The van der Waals surface area contributed by atoms with Crippen LogP contribution >= 0.6 is 11.8 Å². The van der Waals surface area contributed by atoms with Gasteiger partial charge >= 0.3 is 5.97 Å². The van der Waals surface area contributed by atoms with E-state index in [9.17, 15) is 18.4 Å². The number of hydrogen-bond donors (Lipinski definition) is 0. The molecule has 0 aliphatic carbocycles. The first-order valence-corrected chi connectivity index (χ1v) is 7.85.